The molecule has 112 valence electrons. The summed E-state index contributed by atoms with van der Waals surface area (Å²) in [5, 5.41) is 4.07. The average Bonchev–Trinajstić information content (AvgIpc) is 2.45. The normalized spacial score (nSPS) is 10.7. The number of anilines is 1. The highest BCUT2D eigenvalue weighted by Gasteiger charge is 2.14. The van der Waals surface area contributed by atoms with Crippen LogP contribution in [0.4, 0.5) is 10.2 Å². The van der Waals surface area contributed by atoms with Crippen molar-refractivity contribution in [1.82, 2.24) is 9.97 Å². The van der Waals surface area contributed by atoms with E-state index in [1.807, 2.05) is 6.92 Å². The van der Waals surface area contributed by atoms with E-state index in [1.54, 1.807) is 25.1 Å². The van der Waals surface area contributed by atoms with Crippen LogP contribution in [-0.2, 0) is 6.42 Å². The molecule has 0 radical (unpaired) electrons. The molecule has 0 amide bonds. The Bertz CT molecular complexity index is 627. The van der Waals surface area contributed by atoms with Crippen molar-refractivity contribution < 1.29 is 4.39 Å². The van der Waals surface area contributed by atoms with Gasteiger partial charge in [-0.05, 0) is 31.0 Å². The van der Waals surface area contributed by atoms with Crippen LogP contribution in [0.3, 0.4) is 0 Å². The summed E-state index contributed by atoms with van der Waals surface area (Å²) in [4.78, 5) is 8.41. The van der Waals surface area contributed by atoms with E-state index >= 15 is 0 Å². The van der Waals surface area contributed by atoms with Gasteiger partial charge in [-0.1, -0.05) is 36.2 Å². The van der Waals surface area contributed by atoms with Crippen LogP contribution in [0.5, 0.6) is 0 Å². The van der Waals surface area contributed by atoms with E-state index in [9.17, 15) is 4.39 Å². The van der Waals surface area contributed by atoms with E-state index in [2.05, 4.69) is 15.3 Å². The van der Waals surface area contributed by atoms with Gasteiger partial charge in [0.2, 0.25) is 0 Å². The number of nitrogens with one attached hydrogen (secondary N) is 1. The van der Waals surface area contributed by atoms with Crippen LogP contribution in [0.1, 0.15) is 30.4 Å². The number of aromatic nitrogens is 2. The Morgan fingerprint density at radius 3 is 2.48 bits per heavy atom. The Morgan fingerprint density at radius 2 is 1.86 bits per heavy atom. The third-order valence-electron chi connectivity index (χ3n) is 3.00. The Hall–Kier alpha value is -1.39. The minimum Gasteiger partial charge on any atom is -0.368 e. The number of halogens is 3. The van der Waals surface area contributed by atoms with Gasteiger partial charge in [-0.15, -0.1) is 0 Å². The molecule has 1 heterocycles. The van der Waals surface area contributed by atoms with Crippen molar-refractivity contribution in [1.29, 1.82) is 0 Å². The predicted molar refractivity (Wildman–Crippen MR) is 84.8 cm³/mol. The highest BCUT2D eigenvalue weighted by molar-refractivity contribution is 6.36. The molecule has 0 aliphatic carbocycles. The van der Waals surface area contributed by atoms with Crippen molar-refractivity contribution in [2.24, 2.45) is 0 Å². The van der Waals surface area contributed by atoms with Crippen molar-refractivity contribution >= 4 is 29.0 Å². The number of aryl methyl sites for hydroxylation is 1. The lowest BCUT2D eigenvalue weighted by molar-refractivity contribution is 0.600. The molecule has 0 fully saturated rings. The molecule has 0 saturated heterocycles. The van der Waals surface area contributed by atoms with Gasteiger partial charge in [-0.25, -0.2) is 14.4 Å². The van der Waals surface area contributed by atoms with Crippen molar-refractivity contribution in [3.63, 3.8) is 0 Å². The van der Waals surface area contributed by atoms with Gasteiger partial charge in [0, 0.05) is 23.0 Å². The molecule has 3 nitrogen and oxygen atoms in total. The molecule has 0 unspecified atom stereocenters. The van der Waals surface area contributed by atoms with Gasteiger partial charge in [0.1, 0.15) is 5.82 Å². The summed E-state index contributed by atoms with van der Waals surface area (Å²) in [6.07, 6.45) is 1.24. The molecule has 0 atom stereocenters. The average molecular weight is 328 g/mol. The molecule has 0 aliphatic heterocycles. The maximum absolute atomic E-state index is 14.0. The second kappa shape index (κ2) is 7.05. The van der Waals surface area contributed by atoms with Crippen LogP contribution in [0.25, 0.3) is 0 Å². The third-order valence-corrected chi connectivity index (χ3v) is 3.71. The van der Waals surface area contributed by atoms with Gasteiger partial charge in [0.05, 0.1) is 5.69 Å². The first-order valence-electron chi connectivity index (χ1n) is 6.72. The summed E-state index contributed by atoms with van der Waals surface area (Å²) in [6, 6.07) is 5.30. The van der Waals surface area contributed by atoms with Gasteiger partial charge >= 0.3 is 0 Å². The molecule has 1 N–H and O–H groups in total. The third kappa shape index (κ3) is 3.83. The fourth-order valence-electron chi connectivity index (χ4n) is 1.92. The number of hydrogen-bond donors (Lipinski definition) is 1. The summed E-state index contributed by atoms with van der Waals surface area (Å²) in [6.45, 7) is 4.27. The molecular weight excluding hydrogens is 312 g/mol. The first-order chi connectivity index (χ1) is 10.0. The van der Waals surface area contributed by atoms with E-state index in [-0.39, 0.29) is 5.82 Å². The van der Waals surface area contributed by atoms with E-state index in [0.29, 0.717) is 34.5 Å². The zero-order valence-electron chi connectivity index (χ0n) is 11.9. The summed E-state index contributed by atoms with van der Waals surface area (Å²) >= 11 is 12.3. The van der Waals surface area contributed by atoms with E-state index in [1.165, 1.54) is 0 Å². The Balaban J connectivity index is 2.34. The molecule has 0 spiro atoms. The first kappa shape index (κ1) is 16.0. The molecule has 0 aliphatic rings. The Morgan fingerprint density at radius 1 is 1.19 bits per heavy atom. The zero-order chi connectivity index (χ0) is 15.4. The molecule has 0 bridgehead atoms. The van der Waals surface area contributed by atoms with Gasteiger partial charge in [-0.2, -0.15) is 0 Å². The molecule has 6 heteroatoms. The van der Waals surface area contributed by atoms with E-state index in [0.717, 1.165) is 12.0 Å². The minimum absolute atomic E-state index is 0.225. The summed E-state index contributed by atoms with van der Waals surface area (Å²) in [7, 11) is 0. The van der Waals surface area contributed by atoms with Gasteiger partial charge in [0.15, 0.2) is 11.6 Å². The lowest BCUT2D eigenvalue weighted by Gasteiger charge is -2.11. The lowest BCUT2D eigenvalue weighted by atomic mass is 10.1. The van der Waals surface area contributed by atoms with Crippen molar-refractivity contribution in [3.8, 4) is 0 Å². The van der Waals surface area contributed by atoms with Crippen LogP contribution in [-0.4, -0.2) is 16.5 Å². The molecular formula is C15H16Cl2FN3. The van der Waals surface area contributed by atoms with Crippen LogP contribution in [0.15, 0.2) is 18.2 Å². The molecule has 2 rings (SSSR count). The summed E-state index contributed by atoms with van der Waals surface area (Å²) < 4.78 is 14.0. The molecule has 0 saturated carbocycles. The second-order valence-corrected chi connectivity index (χ2v) is 5.51. The molecule has 1 aromatic carbocycles. The molecule has 1 aromatic heterocycles. The topological polar surface area (TPSA) is 37.8 Å². The van der Waals surface area contributed by atoms with Gasteiger partial charge in [-0.3, -0.25) is 0 Å². The van der Waals surface area contributed by atoms with E-state index in [4.69, 9.17) is 23.2 Å². The number of hydrogen-bond acceptors (Lipinski definition) is 3. The van der Waals surface area contributed by atoms with Gasteiger partial charge in [0.25, 0.3) is 0 Å². The predicted octanol–water partition coefficient (Wildman–Crippen LogP) is 4.64. The fourth-order valence-corrected chi connectivity index (χ4v) is 2.45. The zero-order valence-corrected chi connectivity index (χ0v) is 13.4. The number of nitrogens with zero attached hydrogens (tertiary/aromatic N) is 2. The van der Waals surface area contributed by atoms with Crippen molar-refractivity contribution in [2.45, 2.75) is 26.7 Å². The van der Waals surface area contributed by atoms with Gasteiger partial charge < -0.3 is 5.32 Å². The number of benzene rings is 1. The number of rotatable bonds is 5. The second-order valence-electron chi connectivity index (χ2n) is 4.69. The highest BCUT2D eigenvalue weighted by atomic mass is 35.5. The van der Waals surface area contributed by atoms with Crippen LogP contribution < -0.4 is 5.32 Å². The monoisotopic (exact) mass is 327 g/mol. The highest BCUT2D eigenvalue weighted by Crippen LogP contribution is 2.26. The van der Waals surface area contributed by atoms with Crippen molar-refractivity contribution in [3.05, 3.63) is 51.1 Å². The summed E-state index contributed by atoms with van der Waals surface area (Å²) in [5.41, 5.74) is 1.05. The van der Waals surface area contributed by atoms with Crippen LogP contribution in [0.2, 0.25) is 10.0 Å². The quantitative estimate of drug-likeness (QED) is 0.868. The Labute approximate surface area is 133 Å². The maximum Gasteiger partial charge on any atom is 0.186 e. The lowest BCUT2D eigenvalue weighted by Crippen LogP contribution is -2.10. The van der Waals surface area contributed by atoms with Crippen LogP contribution >= 0.6 is 23.2 Å². The first-order valence-corrected chi connectivity index (χ1v) is 7.48. The Kier molecular flexibility index (Phi) is 5.37. The van der Waals surface area contributed by atoms with E-state index < -0.39 is 5.82 Å². The standard InChI is InChI=1S/C15H16Cl2FN3/c1-3-7-19-15-14(18)9(2)20-13(21-15)8-10-11(16)5-4-6-12(10)17/h4-6H,3,7-8H2,1-2H3,(H,19,20,21). The maximum atomic E-state index is 14.0. The molecule has 2 aromatic rings. The minimum atomic E-state index is -0.419. The van der Waals surface area contributed by atoms with Crippen LogP contribution in [0, 0.1) is 12.7 Å². The fraction of sp³-hybridized carbons (Fsp3) is 0.333. The largest absolute Gasteiger partial charge is 0.368 e. The summed E-state index contributed by atoms with van der Waals surface area (Å²) in [5.74, 6) is 0.294. The smallest absolute Gasteiger partial charge is 0.186 e. The van der Waals surface area contributed by atoms with Crippen molar-refractivity contribution in [2.75, 3.05) is 11.9 Å². The molecule has 21 heavy (non-hydrogen) atoms. The SMILES string of the molecule is CCCNc1nc(Cc2c(Cl)cccc2Cl)nc(C)c1F.